The number of rotatable bonds is 7. The zero-order valence-electron chi connectivity index (χ0n) is 14.5. The van der Waals surface area contributed by atoms with E-state index in [0.717, 1.165) is 32.1 Å². The maximum Gasteiger partial charge on any atom is 0.191 e. The molecule has 0 amide bonds. The number of methoxy groups -OCH3 is 1. The summed E-state index contributed by atoms with van der Waals surface area (Å²) in [6.45, 7) is 4.72. The zero-order chi connectivity index (χ0) is 15.8. The summed E-state index contributed by atoms with van der Waals surface area (Å²) in [7, 11) is 3.61. The van der Waals surface area contributed by atoms with Crippen LogP contribution in [0.3, 0.4) is 0 Å². The third-order valence-corrected chi connectivity index (χ3v) is 4.69. The van der Waals surface area contributed by atoms with Crippen molar-refractivity contribution in [1.82, 2.24) is 10.6 Å². The molecule has 0 unspecified atom stereocenters. The van der Waals surface area contributed by atoms with Crippen molar-refractivity contribution in [1.29, 1.82) is 0 Å². The van der Waals surface area contributed by atoms with Gasteiger partial charge in [-0.2, -0.15) is 0 Å². The second-order valence-corrected chi connectivity index (χ2v) is 6.36. The Morgan fingerprint density at radius 3 is 2.43 bits per heavy atom. The van der Waals surface area contributed by atoms with Crippen LogP contribution in [0.15, 0.2) is 29.3 Å². The van der Waals surface area contributed by atoms with Crippen molar-refractivity contribution < 1.29 is 4.74 Å². The van der Waals surface area contributed by atoms with Crippen LogP contribution in [0.4, 0.5) is 0 Å². The van der Waals surface area contributed by atoms with Crippen molar-refractivity contribution >= 4 is 29.9 Å². The first kappa shape index (κ1) is 20.2. The molecule has 1 aliphatic rings. The summed E-state index contributed by atoms with van der Waals surface area (Å²) >= 11 is 0. The summed E-state index contributed by atoms with van der Waals surface area (Å²) in [6, 6.07) is 8.59. The van der Waals surface area contributed by atoms with E-state index in [1.165, 1.54) is 30.4 Å². The Labute approximate surface area is 157 Å². The predicted molar refractivity (Wildman–Crippen MR) is 108 cm³/mol. The van der Waals surface area contributed by atoms with Gasteiger partial charge in [-0.15, -0.1) is 24.0 Å². The zero-order valence-corrected chi connectivity index (χ0v) is 16.9. The Hall–Kier alpha value is -0.820. The van der Waals surface area contributed by atoms with Gasteiger partial charge in [0.25, 0.3) is 0 Å². The first-order valence-corrected chi connectivity index (χ1v) is 8.16. The highest BCUT2D eigenvalue weighted by Crippen LogP contribution is 2.43. The van der Waals surface area contributed by atoms with Gasteiger partial charge in [-0.3, -0.25) is 4.99 Å². The summed E-state index contributed by atoms with van der Waals surface area (Å²) in [5, 5.41) is 6.88. The lowest BCUT2D eigenvalue weighted by Gasteiger charge is -2.42. The van der Waals surface area contributed by atoms with Crippen LogP contribution in [-0.4, -0.2) is 33.3 Å². The van der Waals surface area contributed by atoms with Crippen molar-refractivity contribution in [3.8, 4) is 0 Å². The van der Waals surface area contributed by atoms with Gasteiger partial charge in [0.15, 0.2) is 5.96 Å². The Bertz CT molecular complexity index is 484. The van der Waals surface area contributed by atoms with Crippen molar-refractivity contribution in [2.24, 2.45) is 10.4 Å². The molecule has 0 bridgehead atoms. The minimum atomic E-state index is 0. The van der Waals surface area contributed by atoms with E-state index < -0.39 is 0 Å². The number of hydrogen-bond acceptors (Lipinski definition) is 2. The molecular weight excluding hydrogens is 401 g/mol. The van der Waals surface area contributed by atoms with Gasteiger partial charge in [-0.25, -0.2) is 0 Å². The van der Waals surface area contributed by atoms with Gasteiger partial charge < -0.3 is 15.4 Å². The van der Waals surface area contributed by atoms with Gasteiger partial charge in [0.05, 0.1) is 0 Å². The fourth-order valence-corrected chi connectivity index (χ4v) is 2.89. The highest BCUT2D eigenvalue weighted by Gasteiger charge is 2.36. The standard InChI is InChI=1S/C18H29N3O.HI/c1-15-5-7-16(8-6-15)13-20-17(19-2)21-14-18(9-4-10-18)11-12-22-3;/h5-8H,4,9-14H2,1-3H3,(H2,19,20,21);1H. The molecule has 1 fully saturated rings. The number of benzene rings is 1. The van der Waals surface area contributed by atoms with Crippen molar-refractivity contribution in [2.75, 3.05) is 27.3 Å². The fraction of sp³-hybridized carbons (Fsp3) is 0.611. The molecule has 23 heavy (non-hydrogen) atoms. The third-order valence-electron chi connectivity index (χ3n) is 4.69. The molecule has 5 heteroatoms. The topological polar surface area (TPSA) is 45.7 Å². The molecular formula is C18H30IN3O. The van der Waals surface area contributed by atoms with Crippen LogP contribution >= 0.6 is 24.0 Å². The first-order chi connectivity index (χ1) is 10.7. The number of guanidine groups is 1. The van der Waals surface area contributed by atoms with E-state index in [9.17, 15) is 0 Å². The molecule has 4 nitrogen and oxygen atoms in total. The summed E-state index contributed by atoms with van der Waals surface area (Å²) in [4.78, 5) is 4.33. The fourth-order valence-electron chi connectivity index (χ4n) is 2.89. The van der Waals surface area contributed by atoms with Gasteiger partial charge in [0.1, 0.15) is 0 Å². The summed E-state index contributed by atoms with van der Waals surface area (Å²) in [5.74, 6) is 0.879. The van der Waals surface area contributed by atoms with Gasteiger partial charge in [-0.05, 0) is 37.2 Å². The average Bonchev–Trinajstić information content (AvgIpc) is 2.50. The van der Waals surface area contributed by atoms with Crippen LogP contribution in [0.25, 0.3) is 0 Å². The summed E-state index contributed by atoms with van der Waals surface area (Å²) in [5.41, 5.74) is 2.96. The number of nitrogens with zero attached hydrogens (tertiary/aromatic N) is 1. The van der Waals surface area contributed by atoms with Crippen LogP contribution in [0, 0.1) is 12.3 Å². The van der Waals surface area contributed by atoms with Crippen LogP contribution in [0.5, 0.6) is 0 Å². The molecule has 1 aliphatic carbocycles. The summed E-state index contributed by atoms with van der Waals surface area (Å²) in [6.07, 6.45) is 5.04. The van der Waals surface area contributed by atoms with Crippen LogP contribution < -0.4 is 10.6 Å². The van der Waals surface area contributed by atoms with Crippen molar-refractivity contribution in [3.05, 3.63) is 35.4 Å². The molecule has 0 spiro atoms. The molecule has 0 aromatic heterocycles. The maximum atomic E-state index is 5.25. The minimum Gasteiger partial charge on any atom is -0.385 e. The molecule has 130 valence electrons. The number of halogens is 1. The van der Waals surface area contributed by atoms with Gasteiger partial charge in [-0.1, -0.05) is 36.2 Å². The lowest BCUT2D eigenvalue weighted by atomic mass is 9.67. The Balaban J connectivity index is 0.00000264. The molecule has 1 saturated carbocycles. The minimum absolute atomic E-state index is 0. The Kier molecular flexibility index (Phi) is 8.91. The molecule has 1 aromatic carbocycles. The molecule has 0 heterocycles. The molecule has 0 radical (unpaired) electrons. The molecule has 1 aromatic rings. The average molecular weight is 431 g/mol. The quantitative estimate of drug-likeness (QED) is 0.395. The molecule has 2 N–H and O–H groups in total. The van der Waals surface area contributed by atoms with Crippen molar-refractivity contribution in [3.63, 3.8) is 0 Å². The lowest BCUT2D eigenvalue weighted by molar-refractivity contribution is 0.0732. The summed E-state index contributed by atoms with van der Waals surface area (Å²) < 4.78 is 5.25. The highest BCUT2D eigenvalue weighted by molar-refractivity contribution is 14.0. The maximum absolute atomic E-state index is 5.25. The number of aryl methyl sites for hydroxylation is 1. The van der Waals surface area contributed by atoms with Gasteiger partial charge in [0, 0.05) is 33.9 Å². The Morgan fingerprint density at radius 1 is 1.22 bits per heavy atom. The molecule has 0 saturated heterocycles. The smallest absolute Gasteiger partial charge is 0.191 e. The van der Waals surface area contributed by atoms with Crippen LogP contribution in [0.2, 0.25) is 0 Å². The second kappa shape index (κ2) is 10.1. The largest absolute Gasteiger partial charge is 0.385 e. The van der Waals surface area contributed by atoms with Crippen LogP contribution in [-0.2, 0) is 11.3 Å². The first-order valence-electron chi connectivity index (χ1n) is 8.16. The van der Waals surface area contributed by atoms with E-state index in [1.54, 1.807) is 7.11 Å². The van der Waals surface area contributed by atoms with Crippen molar-refractivity contribution in [2.45, 2.75) is 39.2 Å². The van der Waals surface area contributed by atoms with E-state index in [4.69, 9.17) is 4.74 Å². The second-order valence-electron chi connectivity index (χ2n) is 6.36. The third kappa shape index (κ3) is 6.30. The van der Waals surface area contributed by atoms with E-state index in [-0.39, 0.29) is 24.0 Å². The molecule has 0 atom stereocenters. The normalized spacial score (nSPS) is 16.2. The number of ether oxygens (including phenoxy) is 1. The van der Waals surface area contributed by atoms with Crippen LogP contribution in [0.1, 0.15) is 36.8 Å². The number of aliphatic imine (C=N–C) groups is 1. The molecule has 2 rings (SSSR count). The lowest BCUT2D eigenvalue weighted by Crippen LogP contribution is -2.46. The van der Waals surface area contributed by atoms with E-state index in [0.29, 0.717) is 5.41 Å². The highest BCUT2D eigenvalue weighted by atomic mass is 127. The van der Waals surface area contributed by atoms with E-state index in [1.807, 2.05) is 7.05 Å². The Morgan fingerprint density at radius 2 is 1.91 bits per heavy atom. The number of hydrogen-bond donors (Lipinski definition) is 2. The SMILES string of the molecule is CN=C(NCc1ccc(C)cc1)NCC1(CCOC)CCC1.I. The van der Waals surface area contributed by atoms with E-state index >= 15 is 0 Å². The monoisotopic (exact) mass is 431 g/mol. The van der Waals surface area contributed by atoms with Gasteiger partial charge in [0.2, 0.25) is 0 Å². The van der Waals surface area contributed by atoms with Gasteiger partial charge >= 0.3 is 0 Å². The number of nitrogens with one attached hydrogen (secondary N) is 2. The molecule has 0 aliphatic heterocycles. The van der Waals surface area contributed by atoms with E-state index in [2.05, 4.69) is 46.8 Å². The predicted octanol–water partition coefficient (Wildman–Crippen LogP) is 3.48.